The third kappa shape index (κ3) is 3.17. The average Bonchev–Trinajstić information content (AvgIpc) is 3.32. The van der Waals surface area contributed by atoms with Crippen LogP contribution in [0.1, 0.15) is 34.3 Å². The number of pyridine rings is 1. The van der Waals surface area contributed by atoms with E-state index in [2.05, 4.69) is 40.3 Å². The van der Waals surface area contributed by atoms with Crippen molar-refractivity contribution in [3.05, 3.63) is 59.3 Å². The van der Waals surface area contributed by atoms with Crippen molar-refractivity contribution < 1.29 is 4.79 Å². The minimum atomic E-state index is 0.120. The smallest absolute Gasteiger partial charge is 0.253 e. The van der Waals surface area contributed by atoms with E-state index in [-0.39, 0.29) is 5.91 Å². The number of likely N-dealkylation sites (N-methyl/N-ethyl adjacent to an activating group) is 1. The first-order valence-corrected chi connectivity index (χ1v) is 11.5. The molecule has 0 atom stereocenters. The molecule has 32 heavy (non-hydrogen) atoms. The van der Waals surface area contributed by atoms with Crippen molar-refractivity contribution in [1.29, 1.82) is 0 Å². The average molecular weight is 426 g/mol. The molecule has 6 heteroatoms. The quantitative estimate of drug-likeness (QED) is 0.526. The number of nitrogens with one attached hydrogen (secondary N) is 1. The molecular weight excluding hydrogens is 398 g/mol. The lowest BCUT2D eigenvalue weighted by atomic mass is 9.85. The molecule has 3 heterocycles. The summed E-state index contributed by atoms with van der Waals surface area (Å²) in [5, 5.41) is 9.75. The molecule has 1 saturated heterocycles. The lowest BCUT2D eigenvalue weighted by molar-refractivity contribution is 0.0664. The van der Waals surface area contributed by atoms with E-state index < -0.39 is 0 Å². The lowest BCUT2D eigenvalue weighted by Crippen LogP contribution is -2.47. The predicted molar refractivity (Wildman–Crippen MR) is 127 cm³/mol. The van der Waals surface area contributed by atoms with Gasteiger partial charge in [-0.1, -0.05) is 12.1 Å². The van der Waals surface area contributed by atoms with Crippen molar-refractivity contribution in [2.24, 2.45) is 0 Å². The van der Waals surface area contributed by atoms with E-state index in [0.717, 1.165) is 72.3 Å². The highest BCUT2D eigenvalue weighted by molar-refractivity contribution is 6.07. The number of benzene rings is 2. The number of aromatic amines is 1. The number of carbonyl (C=O) groups excluding carboxylic acids is 1. The maximum atomic E-state index is 13.2. The van der Waals surface area contributed by atoms with Crippen LogP contribution in [0, 0.1) is 0 Å². The minimum Gasteiger partial charge on any atom is -0.336 e. The molecule has 1 aliphatic heterocycles. The van der Waals surface area contributed by atoms with Gasteiger partial charge in [-0.2, -0.15) is 5.10 Å². The minimum absolute atomic E-state index is 0.120. The van der Waals surface area contributed by atoms with E-state index in [1.54, 1.807) is 0 Å². The number of hydrogen-bond acceptors (Lipinski definition) is 4. The van der Waals surface area contributed by atoms with Crippen LogP contribution in [0.25, 0.3) is 33.1 Å². The molecule has 0 radical (unpaired) electrons. The van der Waals surface area contributed by atoms with Gasteiger partial charge in [-0.15, -0.1) is 0 Å². The molecule has 2 aliphatic rings. The van der Waals surface area contributed by atoms with Crippen molar-refractivity contribution in [3.8, 4) is 11.3 Å². The zero-order chi connectivity index (χ0) is 21.7. The molecule has 1 aliphatic carbocycles. The first-order chi connectivity index (χ1) is 15.7. The monoisotopic (exact) mass is 425 g/mol. The Labute approximate surface area is 187 Å². The first kappa shape index (κ1) is 19.4. The fraction of sp³-hybridized carbons (Fsp3) is 0.346. The van der Waals surface area contributed by atoms with Crippen LogP contribution in [0.4, 0.5) is 0 Å². The summed E-state index contributed by atoms with van der Waals surface area (Å²) in [6.07, 6.45) is 6.38. The number of aromatic nitrogens is 3. The van der Waals surface area contributed by atoms with E-state index in [4.69, 9.17) is 4.98 Å². The fourth-order valence-electron chi connectivity index (χ4n) is 5.28. The van der Waals surface area contributed by atoms with Gasteiger partial charge in [-0.3, -0.25) is 9.89 Å². The number of hydrogen-bond donors (Lipinski definition) is 1. The summed E-state index contributed by atoms with van der Waals surface area (Å²) >= 11 is 0. The van der Waals surface area contributed by atoms with Gasteiger partial charge in [0.2, 0.25) is 0 Å². The topological polar surface area (TPSA) is 65.1 Å². The van der Waals surface area contributed by atoms with Crippen LogP contribution in [-0.2, 0) is 12.8 Å². The number of H-pyrrole nitrogens is 1. The van der Waals surface area contributed by atoms with Gasteiger partial charge in [0.15, 0.2) is 0 Å². The Morgan fingerprint density at radius 3 is 2.66 bits per heavy atom. The van der Waals surface area contributed by atoms with Crippen LogP contribution in [0.15, 0.2) is 42.6 Å². The van der Waals surface area contributed by atoms with Crippen molar-refractivity contribution in [3.63, 3.8) is 0 Å². The fourth-order valence-corrected chi connectivity index (χ4v) is 5.28. The molecule has 0 unspecified atom stereocenters. The van der Waals surface area contributed by atoms with Gasteiger partial charge in [0, 0.05) is 48.1 Å². The summed E-state index contributed by atoms with van der Waals surface area (Å²) in [6.45, 7) is 3.41. The van der Waals surface area contributed by atoms with Gasteiger partial charge in [0.05, 0.1) is 22.9 Å². The molecular formula is C26H27N5O. The highest BCUT2D eigenvalue weighted by atomic mass is 16.2. The van der Waals surface area contributed by atoms with Crippen LogP contribution in [0.3, 0.4) is 0 Å². The molecule has 0 saturated carbocycles. The zero-order valence-electron chi connectivity index (χ0n) is 18.4. The Balaban J connectivity index is 1.47. The predicted octanol–water partition coefficient (Wildman–Crippen LogP) is 4.04. The van der Waals surface area contributed by atoms with Gasteiger partial charge in [0.25, 0.3) is 5.91 Å². The molecule has 6 nitrogen and oxygen atoms in total. The summed E-state index contributed by atoms with van der Waals surface area (Å²) in [7, 11) is 2.11. The molecule has 6 rings (SSSR count). The number of amides is 1. The Hall–Kier alpha value is -3.25. The van der Waals surface area contributed by atoms with Crippen molar-refractivity contribution >= 4 is 27.7 Å². The summed E-state index contributed by atoms with van der Waals surface area (Å²) in [6, 6.07) is 12.2. The number of rotatable bonds is 2. The molecule has 2 aromatic heterocycles. The van der Waals surface area contributed by atoms with Crippen molar-refractivity contribution in [2.45, 2.75) is 25.7 Å². The number of fused-ring (bicyclic) bond motifs is 5. The van der Waals surface area contributed by atoms with Crippen LogP contribution < -0.4 is 0 Å². The molecule has 1 N–H and O–H groups in total. The Morgan fingerprint density at radius 1 is 1.00 bits per heavy atom. The second-order valence-corrected chi connectivity index (χ2v) is 9.09. The number of aryl methyl sites for hydroxylation is 1. The number of nitrogens with zero attached hydrogens (tertiary/aromatic N) is 4. The van der Waals surface area contributed by atoms with Gasteiger partial charge >= 0.3 is 0 Å². The SMILES string of the molecule is CN1CCN(C(=O)c2cccc(-c3nc4ccc5[nH]ncc5c4c4c3CCCC4)c2)CC1. The highest BCUT2D eigenvalue weighted by Gasteiger charge is 2.23. The normalized spacial score (nSPS) is 17.1. The van der Waals surface area contributed by atoms with Crippen molar-refractivity contribution in [2.75, 3.05) is 33.2 Å². The zero-order valence-corrected chi connectivity index (χ0v) is 18.4. The van der Waals surface area contributed by atoms with E-state index in [1.807, 2.05) is 29.3 Å². The van der Waals surface area contributed by atoms with E-state index in [1.165, 1.54) is 29.4 Å². The molecule has 162 valence electrons. The molecule has 0 spiro atoms. The molecule has 1 fully saturated rings. The van der Waals surface area contributed by atoms with Gasteiger partial charge in [0.1, 0.15) is 0 Å². The summed E-state index contributed by atoms with van der Waals surface area (Å²) in [4.78, 5) is 22.6. The Kier molecular flexibility index (Phi) is 4.68. The van der Waals surface area contributed by atoms with Crippen LogP contribution >= 0.6 is 0 Å². The Bertz CT molecular complexity index is 1330. The van der Waals surface area contributed by atoms with Crippen LogP contribution in [0.5, 0.6) is 0 Å². The summed E-state index contributed by atoms with van der Waals surface area (Å²) in [5.74, 6) is 0.120. The van der Waals surface area contributed by atoms with Gasteiger partial charge in [-0.05, 0) is 68.1 Å². The van der Waals surface area contributed by atoms with Crippen LogP contribution in [0.2, 0.25) is 0 Å². The maximum Gasteiger partial charge on any atom is 0.253 e. The van der Waals surface area contributed by atoms with Crippen molar-refractivity contribution in [1.82, 2.24) is 25.0 Å². The second kappa shape index (κ2) is 7.71. The molecule has 4 aromatic rings. The lowest BCUT2D eigenvalue weighted by Gasteiger charge is -2.32. The molecule has 0 bridgehead atoms. The molecule has 1 amide bonds. The summed E-state index contributed by atoms with van der Waals surface area (Å²) in [5.41, 5.74) is 7.62. The van der Waals surface area contributed by atoms with Crippen LogP contribution in [-0.4, -0.2) is 64.1 Å². The van der Waals surface area contributed by atoms with Gasteiger partial charge < -0.3 is 9.80 Å². The van der Waals surface area contributed by atoms with Gasteiger partial charge in [-0.25, -0.2) is 4.98 Å². The largest absolute Gasteiger partial charge is 0.336 e. The van der Waals surface area contributed by atoms with E-state index >= 15 is 0 Å². The third-order valence-corrected chi connectivity index (χ3v) is 7.06. The molecule has 2 aromatic carbocycles. The summed E-state index contributed by atoms with van der Waals surface area (Å²) < 4.78 is 0. The van der Waals surface area contributed by atoms with E-state index in [9.17, 15) is 4.79 Å². The Morgan fingerprint density at radius 2 is 1.81 bits per heavy atom. The standard InChI is InChI=1S/C26H27N5O/c1-30-11-13-31(14-12-30)26(32)18-6-4-5-17(15-18)25-20-8-3-2-7-19(20)24-21-16-27-29-22(21)9-10-23(24)28-25/h4-6,9-10,15-16H,2-3,7-8,11-14H2,1H3,(H,27,29). The maximum absolute atomic E-state index is 13.2. The second-order valence-electron chi connectivity index (χ2n) is 9.09. The number of piperazine rings is 1. The first-order valence-electron chi connectivity index (χ1n) is 11.5. The third-order valence-electron chi connectivity index (χ3n) is 7.06. The highest BCUT2D eigenvalue weighted by Crippen LogP contribution is 2.38. The number of carbonyl (C=O) groups is 1. The van der Waals surface area contributed by atoms with E-state index in [0.29, 0.717) is 0 Å².